The van der Waals surface area contributed by atoms with Crippen LogP contribution in [-0.2, 0) is 5.88 Å². The number of alkyl halides is 1. The van der Waals surface area contributed by atoms with E-state index in [1.807, 2.05) is 19.1 Å². The molecule has 2 aromatic heterocycles. The molecule has 0 atom stereocenters. The molecule has 0 saturated carbocycles. The summed E-state index contributed by atoms with van der Waals surface area (Å²) in [5, 5.41) is 1.26. The SMILES string of the molecule is Cc1ccc2nc(CCl)n(-c3cc(Cl)c(Cl)cc3Cl)c2n1. The zero-order chi connectivity index (χ0) is 15.1. The maximum atomic E-state index is 6.30. The van der Waals surface area contributed by atoms with Gasteiger partial charge in [0.05, 0.1) is 26.6 Å². The van der Waals surface area contributed by atoms with Crippen molar-refractivity contribution in [3.05, 3.63) is 50.9 Å². The molecular formula is C14H9Cl4N3. The van der Waals surface area contributed by atoms with E-state index in [1.54, 1.807) is 16.7 Å². The molecular weight excluding hydrogens is 352 g/mol. The monoisotopic (exact) mass is 359 g/mol. The highest BCUT2D eigenvalue weighted by molar-refractivity contribution is 6.43. The van der Waals surface area contributed by atoms with E-state index >= 15 is 0 Å². The molecule has 0 bridgehead atoms. The van der Waals surface area contributed by atoms with Crippen molar-refractivity contribution in [2.75, 3.05) is 0 Å². The number of benzene rings is 1. The Morgan fingerprint density at radius 3 is 2.43 bits per heavy atom. The molecule has 0 fully saturated rings. The quantitative estimate of drug-likeness (QED) is 0.450. The average molecular weight is 361 g/mol. The molecule has 7 heteroatoms. The molecule has 1 aromatic carbocycles. The molecule has 3 aromatic rings. The van der Waals surface area contributed by atoms with Crippen molar-refractivity contribution >= 4 is 57.6 Å². The Morgan fingerprint density at radius 1 is 1.00 bits per heavy atom. The summed E-state index contributed by atoms with van der Waals surface area (Å²) in [6.45, 7) is 1.91. The van der Waals surface area contributed by atoms with Gasteiger partial charge in [0.1, 0.15) is 11.3 Å². The molecule has 0 spiro atoms. The van der Waals surface area contributed by atoms with Crippen molar-refractivity contribution in [2.45, 2.75) is 12.8 Å². The second-order valence-corrected chi connectivity index (χ2v) is 6.00. The minimum atomic E-state index is 0.228. The largest absolute Gasteiger partial charge is 0.278 e. The minimum absolute atomic E-state index is 0.228. The summed E-state index contributed by atoms with van der Waals surface area (Å²) >= 11 is 24.4. The van der Waals surface area contributed by atoms with Gasteiger partial charge < -0.3 is 0 Å². The Labute approximate surface area is 141 Å². The predicted molar refractivity (Wildman–Crippen MR) is 88.2 cm³/mol. The molecule has 0 saturated heterocycles. The lowest BCUT2D eigenvalue weighted by molar-refractivity contribution is 0.967. The van der Waals surface area contributed by atoms with E-state index in [0.29, 0.717) is 32.2 Å². The maximum Gasteiger partial charge on any atom is 0.165 e. The van der Waals surface area contributed by atoms with Crippen molar-refractivity contribution in [1.29, 1.82) is 0 Å². The fraction of sp³-hybridized carbons (Fsp3) is 0.143. The second-order valence-electron chi connectivity index (χ2n) is 4.51. The van der Waals surface area contributed by atoms with Crippen molar-refractivity contribution in [3.63, 3.8) is 0 Å². The Bertz CT molecular complexity index is 842. The van der Waals surface area contributed by atoms with Crippen LogP contribution < -0.4 is 0 Å². The number of rotatable bonds is 2. The Kier molecular flexibility index (Phi) is 4.02. The molecule has 3 rings (SSSR count). The molecule has 0 aliphatic carbocycles. The Balaban J connectivity index is 2.38. The van der Waals surface area contributed by atoms with Gasteiger partial charge in [0.2, 0.25) is 0 Å². The molecule has 108 valence electrons. The van der Waals surface area contributed by atoms with Crippen molar-refractivity contribution in [1.82, 2.24) is 14.5 Å². The summed E-state index contributed by atoms with van der Waals surface area (Å²) in [5.74, 6) is 0.872. The van der Waals surface area contributed by atoms with Gasteiger partial charge in [0.15, 0.2) is 5.65 Å². The first kappa shape index (κ1) is 14.9. The summed E-state index contributed by atoms with van der Waals surface area (Å²) in [5.41, 5.74) is 2.97. The predicted octanol–water partition coefficient (Wildman–Crippen LogP) is 5.43. The van der Waals surface area contributed by atoms with E-state index in [9.17, 15) is 0 Å². The zero-order valence-corrected chi connectivity index (χ0v) is 13.9. The number of nitrogens with zero attached hydrogens (tertiary/aromatic N) is 3. The van der Waals surface area contributed by atoms with Crippen LogP contribution in [0.2, 0.25) is 15.1 Å². The topological polar surface area (TPSA) is 30.7 Å². The Hall–Kier alpha value is -1.00. The fourth-order valence-electron chi connectivity index (χ4n) is 2.12. The number of pyridine rings is 1. The first-order chi connectivity index (χ1) is 10.0. The highest BCUT2D eigenvalue weighted by Gasteiger charge is 2.17. The van der Waals surface area contributed by atoms with E-state index in [1.165, 1.54) is 0 Å². The van der Waals surface area contributed by atoms with Crippen LogP contribution >= 0.6 is 46.4 Å². The smallest absolute Gasteiger partial charge is 0.165 e. The van der Waals surface area contributed by atoms with Gasteiger partial charge in [-0.15, -0.1) is 11.6 Å². The molecule has 21 heavy (non-hydrogen) atoms. The van der Waals surface area contributed by atoms with Crippen LogP contribution in [0.25, 0.3) is 16.9 Å². The lowest BCUT2D eigenvalue weighted by Gasteiger charge is -2.11. The number of hydrogen-bond donors (Lipinski definition) is 0. The van der Waals surface area contributed by atoms with Gasteiger partial charge in [-0.1, -0.05) is 34.8 Å². The molecule has 3 nitrogen and oxygen atoms in total. The van der Waals surface area contributed by atoms with Crippen LogP contribution in [0, 0.1) is 6.92 Å². The van der Waals surface area contributed by atoms with E-state index in [4.69, 9.17) is 46.4 Å². The summed E-state index contributed by atoms with van der Waals surface area (Å²) in [6.07, 6.45) is 0. The number of imidazole rings is 1. The molecule has 0 radical (unpaired) electrons. The van der Waals surface area contributed by atoms with Crippen molar-refractivity contribution in [3.8, 4) is 5.69 Å². The van der Waals surface area contributed by atoms with E-state index in [-0.39, 0.29) is 5.88 Å². The number of aromatic nitrogens is 3. The minimum Gasteiger partial charge on any atom is -0.278 e. The molecule has 0 amide bonds. The van der Waals surface area contributed by atoms with Gasteiger partial charge >= 0.3 is 0 Å². The summed E-state index contributed by atoms with van der Waals surface area (Å²) in [7, 11) is 0. The number of fused-ring (bicyclic) bond motifs is 1. The Morgan fingerprint density at radius 2 is 1.71 bits per heavy atom. The number of hydrogen-bond acceptors (Lipinski definition) is 2. The lowest BCUT2D eigenvalue weighted by Crippen LogP contribution is -2.02. The van der Waals surface area contributed by atoms with Gasteiger partial charge in [-0.05, 0) is 31.2 Å². The normalized spacial score (nSPS) is 11.3. The van der Waals surface area contributed by atoms with Crippen LogP contribution in [0.15, 0.2) is 24.3 Å². The average Bonchev–Trinajstić information content (AvgIpc) is 2.80. The lowest BCUT2D eigenvalue weighted by atomic mass is 10.3. The third-order valence-corrected chi connectivity index (χ3v) is 4.33. The second kappa shape index (κ2) is 5.65. The first-order valence-electron chi connectivity index (χ1n) is 6.07. The van der Waals surface area contributed by atoms with Crippen LogP contribution in [0.3, 0.4) is 0 Å². The molecule has 0 aliphatic heterocycles. The zero-order valence-electron chi connectivity index (χ0n) is 10.9. The molecule has 2 heterocycles. The standard InChI is InChI=1S/C14H9Cl4N3/c1-7-2-3-11-14(19-7)21(13(6-15)20-11)12-5-9(17)8(16)4-10(12)18/h2-5H,6H2,1H3. The van der Waals surface area contributed by atoms with Gasteiger partial charge in [0, 0.05) is 5.69 Å². The third kappa shape index (κ3) is 2.59. The maximum absolute atomic E-state index is 6.30. The third-order valence-electron chi connectivity index (χ3n) is 3.06. The summed E-state index contributed by atoms with van der Waals surface area (Å²) in [4.78, 5) is 9.00. The molecule has 0 unspecified atom stereocenters. The van der Waals surface area contributed by atoms with Crippen molar-refractivity contribution in [2.24, 2.45) is 0 Å². The fourth-order valence-corrected chi connectivity index (χ4v) is 2.93. The van der Waals surface area contributed by atoms with Gasteiger partial charge in [-0.2, -0.15) is 0 Å². The van der Waals surface area contributed by atoms with Crippen LogP contribution in [-0.4, -0.2) is 14.5 Å². The summed E-state index contributed by atoms with van der Waals surface area (Å²) in [6, 6.07) is 7.08. The number of aryl methyl sites for hydroxylation is 1. The van der Waals surface area contributed by atoms with Gasteiger partial charge in [-0.3, -0.25) is 4.57 Å². The van der Waals surface area contributed by atoms with E-state index < -0.39 is 0 Å². The van der Waals surface area contributed by atoms with E-state index in [2.05, 4.69) is 9.97 Å². The molecule has 0 aliphatic rings. The van der Waals surface area contributed by atoms with E-state index in [0.717, 1.165) is 11.2 Å². The number of halogens is 4. The first-order valence-corrected chi connectivity index (χ1v) is 7.74. The van der Waals surface area contributed by atoms with Gasteiger partial charge in [0.25, 0.3) is 0 Å². The van der Waals surface area contributed by atoms with Crippen molar-refractivity contribution < 1.29 is 0 Å². The summed E-state index contributed by atoms with van der Waals surface area (Å²) < 4.78 is 1.81. The van der Waals surface area contributed by atoms with Crippen LogP contribution in [0.4, 0.5) is 0 Å². The highest BCUT2D eigenvalue weighted by Crippen LogP contribution is 2.33. The highest BCUT2D eigenvalue weighted by atomic mass is 35.5. The van der Waals surface area contributed by atoms with Crippen LogP contribution in [0.1, 0.15) is 11.5 Å². The molecule has 0 N–H and O–H groups in total. The van der Waals surface area contributed by atoms with Gasteiger partial charge in [-0.25, -0.2) is 9.97 Å². The van der Waals surface area contributed by atoms with Crippen LogP contribution in [0.5, 0.6) is 0 Å².